The first kappa shape index (κ1) is 15.6. The monoisotopic (exact) mass is 245 g/mol. The molecule has 0 radical (unpaired) electrons. The molecule has 3 N–H and O–H groups in total. The van der Waals surface area contributed by atoms with E-state index in [1.165, 1.54) is 0 Å². The van der Waals surface area contributed by atoms with E-state index in [-0.39, 0.29) is 19.4 Å². The van der Waals surface area contributed by atoms with Gasteiger partial charge in [0.25, 0.3) is 0 Å². The third-order valence-electron chi connectivity index (χ3n) is 1.92. The molecular formula is C11H19NO5. The normalized spacial score (nSPS) is 12.9. The van der Waals surface area contributed by atoms with Crippen LogP contribution in [0.4, 0.5) is 0 Å². The summed E-state index contributed by atoms with van der Waals surface area (Å²) >= 11 is 0. The van der Waals surface area contributed by atoms with Gasteiger partial charge in [-0.25, -0.2) is 4.79 Å². The third-order valence-corrected chi connectivity index (χ3v) is 1.92. The second-order valence-electron chi connectivity index (χ2n) is 4.67. The molecule has 1 atom stereocenters. The number of nitrogens with one attached hydrogen (secondary N) is 1. The van der Waals surface area contributed by atoms with Crippen LogP contribution in [0.5, 0.6) is 0 Å². The highest BCUT2D eigenvalue weighted by Crippen LogP contribution is 2.13. The number of aliphatic hydroxyl groups excluding tert-OH is 1. The Morgan fingerprint density at radius 1 is 1.35 bits per heavy atom. The Bertz CT molecular complexity index is 305. The molecule has 0 aliphatic carbocycles. The zero-order valence-corrected chi connectivity index (χ0v) is 10.3. The Labute approximate surface area is 100 Å². The molecule has 0 amide bonds. The van der Waals surface area contributed by atoms with Crippen LogP contribution >= 0.6 is 0 Å². The van der Waals surface area contributed by atoms with Crippen LogP contribution in [-0.4, -0.2) is 40.1 Å². The van der Waals surface area contributed by atoms with Crippen molar-refractivity contribution in [3.63, 3.8) is 0 Å². The van der Waals surface area contributed by atoms with Crippen molar-refractivity contribution < 1.29 is 24.5 Å². The summed E-state index contributed by atoms with van der Waals surface area (Å²) in [5, 5.41) is 25.0. The number of esters is 1. The minimum absolute atomic E-state index is 0.0455. The molecule has 17 heavy (non-hydrogen) atoms. The summed E-state index contributed by atoms with van der Waals surface area (Å²) in [5.74, 6) is -3.41. The van der Waals surface area contributed by atoms with Gasteiger partial charge in [-0.3, -0.25) is 10.2 Å². The first-order valence-corrected chi connectivity index (χ1v) is 5.34. The van der Waals surface area contributed by atoms with E-state index in [1.807, 2.05) is 0 Å². The average Bonchev–Trinajstić information content (AvgIpc) is 2.14. The van der Waals surface area contributed by atoms with Crippen molar-refractivity contribution in [3.05, 3.63) is 0 Å². The lowest BCUT2D eigenvalue weighted by molar-refractivity contribution is -0.149. The highest BCUT2D eigenvalue weighted by Gasteiger charge is 2.30. The van der Waals surface area contributed by atoms with Gasteiger partial charge in [0.1, 0.15) is 17.2 Å². The van der Waals surface area contributed by atoms with Gasteiger partial charge in [0.2, 0.25) is 0 Å². The van der Waals surface area contributed by atoms with Crippen LogP contribution in [0, 0.1) is 11.3 Å². The van der Waals surface area contributed by atoms with E-state index in [2.05, 4.69) is 0 Å². The van der Waals surface area contributed by atoms with Gasteiger partial charge in [-0.1, -0.05) is 0 Å². The Morgan fingerprint density at radius 2 is 1.88 bits per heavy atom. The number of carboxylic acids is 1. The lowest BCUT2D eigenvalue weighted by atomic mass is 9.97. The molecule has 0 heterocycles. The molecule has 0 spiro atoms. The smallest absolute Gasteiger partial charge is 0.353 e. The zero-order valence-electron chi connectivity index (χ0n) is 10.3. The Hall–Kier alpha value is -1.43. The zero-order chi connectivity index (χ0) is 13.6. The number of carboxylic acid groups (broad SMARTS) is 1. The fraction of sp³-hybridized carbons (Fsp3) is 0.727. The van der Waals surface area contributed by atoms with Crippen LogP contribution < -0.4 is 0 Å². The van der Waals surface area contributed by atoms with Crippen molar-refractivity contribution in [3.8, 4) is 0 Å². The van der Waals surface area contributed by atoms with Crippen molar-refractivity contribution in [1.82, 2.24) is 0 Å². The van der Waals surface area contributed by atoms with Gasteiger partial charge in [-0.15, -0.1) is 0 Å². The van der Waals surface area contributed by atoms with E-state index in [1.54, 1.807) is 20.8 Å². The molecule has 0 unspecified atom stereocenters. The van der Waals surface area contributed by atoms with Crippen molar-refractivity contribution in [2.24, 2.45) is 5.92 Å². The van der Waals surface area contributed by atoms with Gasteiger partial charge in [0.15, 0.2) is 0 Å². The maximum Gasteiger partial charge on any atom is 0.353 e. The van der Waals surface area contributed by atoms with Crippen molar-refractivity contribution in [1.29, 1.82) is 5.41 Å². The number of carbonyl (C=O) groups is 2. The fourth-order valence-corrected chi connectivity index (χ4v) is 1.16. The summed E-state index contributed by atoms with van der Waals surface area (Å²) in [6.07, 6.45) is 0.270. The van der Waals surface area contributed by atoms with Gasteiger partial charge in [0, 0.05) is 6.61 Å². The number of rotatable bonds is 6. The Balaban J connectivity index is 4.61. The molecule has 0 saturated carbocycles. The summed E-state index contributed by atoms with van der Waals surface area (Å²) in [5.41, 5.74) is -1.34. The maximum absolute atomic E-state index is 11.5. The largest absolute Gasteiger partial charge is 0.481 e. The van der Waals surface area contributed by atoms with E-state index < -0.39 is 29.2 Å². The number of hydrogen-bond acceptors (Lipinski definition) is 5. The second-order valence-corrected chi connectivity index (χ2v) is 4.67. The topological polar surface area (TPSA) is 108 Å². The first-order valence-electron chi connectivity index (χ1n) is 5.34. The predicted molar refractivity (Wildman–Crippen MR) is 61.0 cm³/mol. The van der Waals surface area contributed by atoms with Crippen molar-refractivity contribution in [2.45, 2.75) is 39.2 Å². The van der Waals surface area contributed by atoms with Crippen LogP contribution in [0.25, 0.3) is 0 Å². The minimum Gasteiger partial charge on any atom is -0.481 e. The molecule has 6 heteroatoms. The van der Waals surface area contributed by atoms with Crippen LogP contribution in [0.3, 0.4) is 0 Å². The first-order chi connectivity index (χ1) is 7.69. The average molecular weight is 245 g/mol. The molecule has 0 aliphatic heterocycles. The third kappa shape index (κ3) is 6.01. The van der Waals surface area contributed by atoms with Gasteiger partial charge < -0.3 is 14.9 Å². The van der Waals surface area contributed by atoms with Crippen molar-refractivity contribution in [2.75, 3.05) is 6.61 Å². The summed E-state index contributed by atoms with van der Waals surface area (Å²) < 4.78 is 4.92. The number of ether oxygens (including phenoxy) is 1. The van der Waals surface area contributed by atoms with Crippen LogP contribution in [0.1, 0.15) is 33.6 Å². The number of carbonyl (C=O) groups excluding carboxylic acids is 1. The molecule has 0 fully saturated rings. The lowest BCUT2D eigenvalue weighted by Crippen LogP contribution is -2.35. The quantitative estimate of drug-likeness (QED) is 0.474. The van der Waals surface area contributed by atoms with Crippen LogP contribution in [0.2, 0.25) is 0 Å². The molecule has 0 aromatic heterocycles. The molecule has 0 bridgehead atoms. The highest BCUT2D eigenvalue weighted by molar-refractivity contribution is 6.39. The molecule has 98 valence electrons. The molecule has 0 aromatic carbocycles. The standard InChI is InChI=1S/C11H19NO5/c1-11(2,3)17-10(16)8(12)7(9(14)15)5-4-6-13/h7,12-13H,4-6H2,1-3H3,(H,14,15)/t7-/m0/s1. The Morgan fingerprint density at radius 3 is 2.24 bits per heavy atom. The van der Waals surface area contributed by atoms with E-state index in [0.717, 1.165) is 0 Å². The maximum atomic E-state index is 11.5. The van der Waals surface area contributed by atoms with Gasteiger partial charge in [0.05, 0.1) is 0 Å². The summed E-state index contributed by atoms with van der Waals surface area (Å²) in [7, 11) is 0. The van der Waals surface area contributed by atoms with Gasteiger partial charge >= 0.3 is 11.9 Å². The van der Waals surface area contributed by atoms with Gasteiger partial charge in [-0.2, -0.15) is 0 Å². The van der Waals surface area contributed by atoms with Gasteiger partial charge in [-0.05, 0) is 33.6 Å². The Kier molecular flexibility index (Phi) is 5.81. The minimum atomic E-state index is -1.26. The molecule has 0 saturated heterocycles. The van der Waals surface area contributed by atoms with Crippen molar-refractivity contribution >= 4 is 17.7 Å². The van der Waals surface area contributed by atoms with E-state index in [4.69, 9.17) is 20.4 Å². The summed E-state index contributed by atoms with van der Waals surface area (Å²) in [6.45, 7) is 4.75. The lowest BCUT2D eigenvalue weighted by Gasteiger charge is -2.21. The molecule has 0 aliphatic rings. The molecule has 0 aromatic rings. The molecule has 6 nitrogen and oxygen atoms in total. The molecule has 0 rings (SSSR count). The number of aliphatic hydroxyl groups is 1. The van der Waals surface area contributed by atoms with E-state index in [0.29, 0.717) is 0 Å². The molecular weight excluding hydrogens is 226 g/mol. The fourth-order valence-electron chi connectivity index (χ4n) is 1.16. The predicted octanol–water partition coefficient (Wildman–Crippen LogP) is 0.821. The van der Waals surface area contributed by atoms with E-state index >= 15 is 0 Å². The van der Waals surface area contributed by atoms with Crippen LogP contribution in [0.15, 0.2) is 0 Å². The highest BCUT2D eigenvalue weighted by atomic mass is 16.6. The van der Waals surface area contributed by atoms with E-state index in [9.17, 15) is 9.59 Å². The van der Waals surface area contributed by atoms with Crippen LogP contribution in [-0.2, 0) is 14.3 Å². The summed E-state index contributed by atoms with van der Waals surface area (Å²) in [4.78, 5) is 22.4. The number of hydrogen-bond donors (Lipinski definition) is 3. The number of aliphatic carboxylic acids is 1. The summed E-state index contributed by atoms with van der Waals surface area (Å²) in [6, 6.07) is 0. The SMILES string of the molecule is CC(C)(C)OC(=O)C(=N)[C@H](CCCO)C(=O)O. The second kappa shape index (κ2) is 6.34.